The van der Waals surface area contributed by atoms with E-state index in [2.05, 4.69) is 6.58 Å². The highest BCUT2D eigenvalue weighted by atomic mass is 31.0. The zero-order valence-electron chi connectivity index (χ0n) is 2.95. The Balaban J connectivity index is 2.83. The monoisotopic (exact) mass is 93.0 g/mol. The number of allylic oxidation sites excluding steroid dienone is 1. The second-order valence-electron chi connectivity index (χ2n) is 0.752. The number of halogens is 1. The molecule has 0 N–H and O–H groups in total. The molecule has 0 radical (unpaired) electrons. The smallest absolute Gasteiger partial charge is 0.199 e. The van der Waals surface area contributed by atoms with Crippen LogP contribution in [0.15, 0.2) is 12.7 Å². The molecule has 0 aliphatic heterocycles. The molecule has 2 unspecified atom stereocenters. The third kappa shape index (κ3) is 4.10. The summed E-state index contributed by atoms with van der Waals surface area (Å²) in [6, 6.07) is 0. The van der Waals surface area contributed by atoms with Crippen LogP contribution in [0.5, 0.6) is 0 Å². The van der Waals surface area contributed by atoms with Crippen LogP contribution >= 0.6 is 9.24 Å². The molecular formula is C3H7FP+. The fourth-order valence-electron chi connectivity index (χ4n) is 0. The Labute approximate surface area is 33.3 Å². The highest BCUT2D eigenvalue weighted by Crippen LogP contribution is 1.98. The Morgan fingerprint density at radius 1 is 2.00 bits per heavy atom. The molecule has 0 amide bonds. The van der Waals surface area contributed by atoms with Crippen LogP contribution in [0.1, 0.15) is 0 Å². The quantitative estimate of drug-likeness (QED) is 0.336. The molecule has 5 heavy (non-hydrogen) atoms. The van der Waals surface area contributed by atoms with Gasteiger partial charge in [-0.1, -0.05) is 6.58 Å². The SMILES string of the molecule is C=CC(F)[PH3+]. The van der Waals surface area contributed by atoms with Gasteiger partial charge in [-0.2, -0.15) is 4.39 Å². The average molecular weight is 93.1 g/mol. The van der Waals surface area contributed by atoms with E-state index in [1.54, 1.807) is 0 Å². The van der Waals surface area contributed by atoms with Crippen molar-refractivity contribution in [2.75, 3.05) is 0 Å². The second-order valence-corrected chi connectivity index (χ2v) is 1.53. The fraction of sp³-hybridized carbons (Fsp3) is 0.333. The highest BCUT2D eigenvalue weighted by molar-refractivity contribution is 7.17. The van der Waals surface area contributed by atoms with E-state index in [-0.39, 0.29) is 0 Å². The van der Waals surface area contributed by atoms with Crippen LogP contribution in [0.2, 0.25) is 0 Å². The first-order valence-electron chi connectivity index (χ1n) is 1.37. The van der Waals surface area contributed by atoms with Crippen LogP contribution in [0.25, 0.3) is 0 Å². The van der Waals surface area contributed by atoms with Crippen molar-refractivity contribution in [3.8, 4) is 0 Å². The van der Waals surface area contributed by atoms with Crippen LogP contribution in [-0.2, 0) is 0 Å². The Morgan fingerprint density at radius 2 is 2.20 bits per heavy atom. The summed E-state index contributed by atoms with van der Waals surface area (Å²) in [5, 5.41) is 0. The molecule has 0 rings (SSSR count). The first kappa shape index (κ1) is 5.10. The maximum atomic E-state index is 11.3. The lowest BCUT2D eigenvalue weighted by Gasteiger charge is -1.73. The molecule has 0 heterocycles. The second kappa shape index (κ2) is 2.34. The van der Waals surface area contributed by atoms with Crippen molar-refractivity contribution in [3.05, 3.63) is 12.7 Å². The molecule has 0 fully saturated rings. The summed E-state index contributed by atoms with van der Waals surface area (Å²) < 4.78 is 11.3. The van der Waals surface area contributed by atoms with Crippen molar-refractivity contribution in [2.45, 2.75) is 5.91 Å². The van der Waals surface area contributed by atoms with Crippen LogP contribution in [0.4, 0.5) is 4.39 Å². The molecule has 0 aromatic rings. The molecule has 0 spiro atoms. The van der Waals surface area contributed by atoms with Crippen molar-refractivity contribution < 1.29 is 4.39 Å². The third-order valence-electron chi connectivity index (χ3n) is 0.256. The van der Waals surface area contributed by atoms with Gasteiger partial charge in [-0.15, -0.1) is 0 Å². The standard InChI is InChI=1S/C3H6FP/c1-2-3(4)5/h2-3H,1,5H2/p+1. The van der Waals surface area contributed by atoms with Gasteiger partial charge >= 0.3 is 0 Å². The molecule has 2 heteroatoms. The maximum absolute atomic E-state index is 11.3. The van der Waals surface area contributed by atoms with E-state index in [1.807, 2.05) is 0 Å². The minimum atomic E-state index is -0.824. The van der Waals surface area contributed by atoms with E-state index in [9.17, 15) is 4.39 Å². The summed E-state index contributed by atoms with van der Waals surface area (Å²) in [5.74, 6) is -0.824. The van der Waals surface area contributed by atoms with Gasteiger partial charge in [-0.3, -0.25) is 0 Å². The lowest BCUT2D eigenvalue weighted by molar-refractivity contribution is 0.520. The first-order chi connectivity index (χ1) is 2.27. The van der Waals surface area contributed by atoms with Crippen LogP contribution in [0, 0.1) is 0 Å². The summed E-state index contributed by atoms with van der Waals surface area (Å²) in [5.41, 5.74) is 0. The third-order valence-corrected chi connectivity index (χ3v) is 0.589. The zero-order chi connectivity index (χ0) is 4.28. The Kier molecular flexibility index (Phi) is 2.39. The molecule has 0 saturated heterocycles. The molecule has 0 nitrogen and oxygen atoms in total. The first-order valence-corrected chi connectivity index (χ1v) is 2.18. The van der Waals surface area contributed by atoms with Crippen molar-refractivity contribution in [1.82, 2.24) is 0 Å². The molecule has 0 aromatic carbocycles. The summed E-state index contributed by atoms with van der Waals surface area (Å²) in [7, 11) is 1.27. The molecule has 0 aromatic heterocycles. The van der Waals surface area contributed by atoms with Crippen molar-refractivity contribution in [2.24, 2.45) is 0 Å². The average Bonchev–Trinajstić information content (AvgIpc) is 1.38. The van der Waals surface area contributed by atoms with E-state index in [4.69, 9.17) is 0 Å². The van der Waals surface area contributed by atoms with Crippen LogP contribution in [-0.4, -0.2) is 5.91 Å². The Bertz CT molecular complexity index is 33.9. The van der Waals surface area contributed by atoms with Gasteiger partial charge < -0.3 is 0 Å². The van der Waals surface area contributed by atoms with Crippen molar-refractivity contribution in [1.29, 1.82) is 0 Å². The summed E-state index contributed by atoms with van der Waals surface area (Å²) in [6.45, 7) is 3.19. The lowest BCUT2D eigenvalue weighted by atomic mass is 10.7. The minimum absolute atomic E-state index is 0.824. The Hall–Kier alpha value is 0.100. The molecule has 0 bridgehead atoms. The van der Waals surface area contributed by atoms with Crippen LogP contribution < -0.4 is 0 Å². The van der Waals surface area contributed by atoms with Crippen molar-refractivity contribution >= 4 is 9.24 Å². The highest BCUT2D eigenvalue weighted by Gasteiger charge is 1.86. The van der Waals surface area contributed by atoms with E-state index < -0.39 is 5.91 Å². The topological polar surface area (TPSA) is 0 Å². The summed E-state index contributed by atoms with van der Waals surface area (Å²) in [6.07, 6.45) is 1.26. The van der Waals surface area contributed by atoms with E-state index in [0.717, 1.165) is 0 Å². The van der Waals surface area contributed by atoms with Gasteiger partial charge in [0.05, 0.1) is 0 Å². The van der Waals surface area contributed by atoms with Gasteiger partial charge in [0.1, 0.15) is 0 Å². The summed E-state index contributed by atoms with van der Waals surface area (Å²) >= 11 is 0. The lowest BCUT2D eigenvalue weighted by Crippen LogP contribution is -1.70. The number of hydrogen-bond acceptors (Lipinski definition) is 0. The minimum Gasteiger partial charge on any atom is -0.199 e. The van der Waals surface area contributed by atoms with Gasteiger partial charge in [0, 0.05) is 9.24 Å². The molecule has 0 aliphatic rings. The molecule has 0 saturated carbocycles. The normalized spacial score (nSPS) is 14.6. The van der Waals surface area contributed by atoms with E-state index in [0.29, 0.717) is 0 Å². The molecule has 0 aliphatic carbocycles. The maximum Gasteiger partial charge on any atom is 0.216 e. The van der Waals surface area contributed by atoms with Gasteiger partial charge in [-0.05, 0) is 6.08 Å². The van der Waals surface area contributed by atoms with Gasteiger partial charge in [0.15, 0.2) is 0 Å². The molecular weight excluding hydrogens is 86.0 g/mol. The number of hydrogen-bond donors (Lipinski definition) is 0. The van der Waals surface area contributed by atoms with Gasteiger partial charge in [0.25, 0.3) is 0 Å². The zero-order valence-corrected chi connectivity index (χ0v) is 4.36. The predicted molar refractivity (Wildman–Crippen MR) is 26.2 cm³/mol. The predicted octanol–water partition coefficient (Wildman–Crippen LogP) is 1.08. The van der Waals surface area contributed by atoms with Crippen molar-refractivity contribution in [3.63, 3.8) is 0 Å². The fourth-order valence-corrected chi connectivity index (χ4v) is 0. The Morgan fingerprint density at radius 3 is 2.20 bits per heavy atom. The van der Waals surface area contributed by atoms with Crippen LogP contribution in [0.3, 0.4) is 0 Å². The number of rotatable bonds is 1. The molecule has 30 valence electrons. The van der Waals surface area contributed by atoms with E-state index in [1.165, 1.54) is 15.3 Å². The van der Waals surface area contributed by atoms with E-state index >= 15 is 0 Å². The largest absolute Gasteiger partial charge is 0.216 e. The molecule has 2 atom stereocenters. The van der Waals surface area contributed by atoms with Gasteiger partial charge in [-0.25, -0.2) is 0 Å². The summed E-state index contributed by atoms with van der Waals surface area (Å²) in [4.78, 5) is 0. The number of alkyl halides is 1. The van der Waals surface area contributed by atoms with Gasteiger partial charge in [0.2, 0.25) is 5.91 Å².